The molecule has 1 N–H and O–H groups in total. The van der Waals surface area contributed by atoms with Crippen molar-refractivity contribution in [3.63, 3.8) is 0 Å². The van der Waals surface area contributed by atoms with Gasteiger partial charge in [-0.05, 0) is 36.8 Å². The minimum absolute atomic E-state index is 0.0350. The van der Waals surface area contributed by atoms with E-state index < -0.39 is 0 Å². The summed E-state index contributed by atoms with van der Waals surface area (Å²) in [6, 6.07) is 13.3. The van der Waals surface area contributed by atoms with E-state index >= 15 is 0 Å². The van der Waals surface area contributed by atoms with Gasteiger partial charge in [0.15, 0.2) is 0 Å². The smallest absolute Gasteiger partial charge is 0.254 e. The van der Waals surface area contributed by atoms with E-state index in [-0.39, 0.29) is 17.7 Å². The number of hydrogen-bond acceptors (Lipinski definition) is 3. The zero-order chi connectivity index (χ0) is 20.3. The van der Waals surface area contributed by atoms with Gasteiger partial charge in [-0.2, -0.15) is 0 Å². The number of piperazine rings is 1. The van der Waals surface area contributed by atoms with Crippen molar-refractivity contribution in [1.82, 2.24) is 4.90 Å². The summed E-state index contributed by atoms with van der Waals surface area (Å²) in [5.74, 6) is -0.0416. The molecule has 1 aliphatic rings. The maximum atomic E-state index is 12.8. The molecule has 2 amide bonds. The molecule has 0 atom stereocenters. The molecule has 5 nitrogen and oxygen atoms in total. The lowest BCUT2D eigenvalue weighted by atomic mass is 10.1. The molecule has 28 heavy (non-hydrogen) atoms. The van der Waals surface area contributed by atoms with E-state index in [1.54, 1.807) is 6.07 Å². The molecule has 148 valence electrons. The molecule has 0 saturated carbocycles. The van der Waals surface area contributed by atoms with Gasteiger partial charge < -0.3 is 15.1 Å². The molecular weight excluding hydrogens is 374 g/mol. The average molecular weight is 400 g/mol. The fourth-order valence-electron chi connectivity index (χ4n) is 3.26. The number of aryl methyl sites for hydroxylation is 1. The van der Waals surface area contributed by atoms with Gasteiger partial charge in [-0.15, -0.1) is 0 Å². The van der Waals surface area contributed by atoms with Crippen molar-refractivity contribution < 1.29 is 9.59 Å². The van der Waals surface area contributed by atoms with Crippen LogP contribution in [0.2, 0.25) is 5.02 Å². The highest BCUT2D eigenvalue weighted by atomic mass is 35.5. The van der Waals surface area contributed by atoms with Gasteiger partial charge in [0, 0.05) is 43.3 Å². The second-order valence-corrected chi connectivity index (χ2v) is 7.81. The number of halogens is 1. The van der Waals surface area contributed by atoms with E-state index in [0.29, 0.717) is 23.8 Å². The lowest BCUT2D eigenvalue weighted by Gasteiger charge is -2.36. The average Bonchev–Trinajstić information content (AvgIpc) is 2.68. The van der Waals surface area contributed by atoms with E-state index in [4.69, 9.17) is 11.6 Å². The summed E-state index contributed by atoms with van der Waals surface area (Å²) >= 11 is 6.47. The number of benzene rings is 2. The molecule has 0 aromatic heterocycles. The molecule has 1 heterocycles. The Morgan fingerprint density at radius 3 is 2.32 bits per heavy atom. The van der Waals surface area contributed by atoms with Crippen LogP contribution in [-0.2, 0) is 4.79 Å². The Hall–Kier alpha value is -2.53. The van der Waals surface area contributed by atoms with Gasteiger partial charge in [0.25, 0.3) is 5.91 Å². The van der Waals surface area contributed by atoms with Crippen molar-refractivity contribution >= 4 is 34.8 Å². The fraction of sp³-hybridized carbons (Fsp3) is 0.364. The van der Waals surface area contributed by atoms with Crippen molar-refractivity contribution in [3.8, 4) is 0 Å². The summed E-state index contributed by atoms with van der Waals surface area (Å²) in [5, 5.41) is 3.46. The van der Waals surface area contributed by atoms with Crippen LogP contribution in [0.15, 0.2) is 42.5 Å². The topological polar surface area (TPSA) is 52.7 Å². The van der Waals surface area contributed by atoms with E-state index in [9.17, 15) is 9.59 Å². The van der Waals surface area contributed by atoms with E-state index in [2.05, 4.69) is 10.2 Å². The van der Waals surface area contributed by atoms with Gasteiger partial charge in [-0.25, -0.2) is 0 Å². The second-order valence-electron chi connectivity index (χ2n) is 7.40. The molecule has 0 radical (unpaired) electrons. The van der Waals surface area contributed by atoms with Gasteiger partial charge in [0.1, 0.15) is 0 Å². The maximum absolute atomic E-state index is 12.8. The first kappa shape index (κ1) is 20.2. The number of carbonyl (C=O) groups excluding carboxylic acids is 2. The molecule has 6 heteroatoms. The second kappa shape index (κ2) is 8.65. The maximum Gasteiger partial charge on any atom is 0.254 e. The highest BCUT2D eigenvalue weighted by molar-refractivity contribution is 6.33. The number of carbonyl (C=O) groups is 2. The Kier molecular flexibility index (Phi) is 6.25. The first-order valence-corrected chi connectivity index (χ1v) is 9.95. The number of anilines is 2. The van der Waals surface area contributed by atoms with Crippen LogP contribution in [0.25, 0.3) is 0 Å². The Morgan fingerprint density at radius 2 is 1.71 bits per heavy atom. The molecule has 2 aromatic rings. The van der Waals surface area contributed by atoms with Crippen LogP contribution in [-0.4, -0.2) is 42.9 Å². The molecule has 1 fully saturated rings. The lowest BCUT2D eigenvalue weighted by molar-refractivity contribution is -0.118. The monoisotopic (exact) mass is 399 g/mol. The number of nitrogens with one attached hydrogen (secondary N) is 1. The minimum Gasteiger partial charge on any atom is -0.367 e. The molecule has 1 aliphatic heterocycles. The molecule has 0 bridgehead atoms. The van der Waals surface area contributed by atoms with Crippen molar-refractivity contribution in [2.75, 3.05) is 36.4 Å². The van der Waals surface area contributed by atoms with Crippen molar-refractivity contribution in [1.29, 1.82) is 0 Å². The van der Waals surface area contributed by atoms with Crippen molar-refractivity contribution in [3.05, 3.63) is 58.6 Å². The van der Waals surface area contributed by atoms with Crippen LogP contribution in [0.5, 0.6) is 0 Å². The Bertz CT molecular complexity index is 874. The third kappa shape index (κ3) is 4.47. The first-order chi connectivity index (χ1) is 13.4. The SMILES string of the molecule is Cc1ccccc1C(=O)N1CCN(c2ccc(NC(=O)C(C)C)cc2Cl)CC1. The van der Waals surface area contributed by atoms with Crippen molar-refractivity contribution in [2.45, 2.75) is 20.8 Å². The molecule has 0 spiro atoms. The first-order valence-electron chi connectivity index (χ1n) is 9.57. The van der Waals surface area contributed by atoms with Crippen molar-refractivity contribution in [2.24, 2.45) is 5.92 Å². The highest BCUT2D eigenvalue weighted by Gasteiger charge is 2.24. The highest BCUT2D eigenvalue weighted by Crippen LogP contribution is 2.30. The van der Waals surface area contributed by atoms with Gasteiger partial charge >= 0.3 is 0 Å². The number of hydrogen-bond donors (Lipinski definition) is 1. The normalized spacial score (nSPS) is 14.3. The third-order valence-electron chi connectivity index (χ3n) is 5.02. The molecular formula is C22H26ClN3O2. The zero-order valence-corrected chi connectivity index (χ0v) is 17.3. The summed E-state index contributed by atoms with van der Waals surface area (Å²) < 4.78 is 0. The van der Waals surface area contributed by atoms with Crippen LogP contribution in [0.4, 0.5) is 11.4 Å². The van der Waals surface area contributed by atoms with E-state index in [0.717, 1.165) is 29.9 Å². The number of nitrogens with zero attached hydrogens (tertiary/aromatic N) is 2. The summed E-state index contributed by atoms with van der Waals surface area (Å²) in [4.78, 5) is 28.7. The summed E-state index contributed by atoms with van der Waals surface area (Å²) in [6.45, 7) is 8.39. The predicted molar refractivity (Wildman–Crippen MR) is 114 cm³/mol. The zero-order valence-electron chi connectivity index (χ0n) is 16.5. The molecule has 0 aliphatic carbocycles. The fourth-order valence-corrected chi connectivity index (χ4v) is 3.56. The summed E-state index contributed by atoms with van der Waals surface area (Å²) in [7, 11) is 0. The number of amides is 2. The van der Waals surface area contributed by atoms with Gasteiger partial charge in [-0.1, -0.05) is 43.6 Å². The van der Waals surface area contributed by atoms with Crippen LogP contribution < -0.4 is 10.2 Å². The predicted octanol–water partition coefficient (Wildman–Crippen LogP) is 4.21. The largest absolute Gasteiger partial charge is 0.367 e. The number of rotatable bonds is 4. The van der Waals surface area contributed by atoms with E-state index in [1.165, 1.54) is 0 Å². The van der Waals surface area contributed by atoms with Crippen LogP contribution in [0.3, 0.4) is 0 Å². The molecule has 1 saturated heterocycles. The van der Waals surface area contributed by atoms with Crippen LogP contribution in [0, 0.1) is 12.8 Å². The molecule has 3 rings (SSSR count). The molecule has 0 unspecified atom stereocenters. The quantitative estimate of drug-likeness (QED) is 0.838. The Labute approximate surface area is 171 Å². The summed E-state index contributed by atoms with van der Waals surface area (Å²) in [6.07, 6.45) is 0. The van der Waals surface area contributed by atoms with Gasteiger partial charge in [0.05, 0.1) is 10.7 Å². The van der Waals surface area contributed by atoms with Gasteiger partial charge in [0.2, 0.25) is 5.91 Å². The standard InChI is InChI=1S/C22H26ClN3O2/c1-15(2)21(27)24-17-8-9-20(19(23)14-17)25-10-12-26(13-11-25)22(28)18-7-5-4-6-16(18)3/h4-9,14-15H,10-13H2,1-3H3,(H,24,27). The third-order valence-corrected chi connectivity index (χ3v) is 5.33. The van der Waals surface area contributed by atoms with E-state index in [1.807, 2.05) is 62.1 Å². The van der Waals surface area contributed by atoms with Gasteiger partial charge in [-0.3, -0.25) is 9.59 Å². The Balaban J connectivity index is 1.64. The van der Waals surface area contributed by atoms with Crippen LogP contribution >= 0.6 is 11.6 Å². The van der Waals surface area contributed by atoms with Crippen LogP contribution in [0.1, 0.15) is 29.8 Å². The lowest BCUT2D eigenvalue weighted by Crippen LogP contribution is -2.49. The minimum atomic E-state index is -0.0858. The Morgan fingerprint density at radius 1 is 1.04 bits per heavy atom. The summed E-state index contributed by atoms with van der Waals surface area (Å²) in [5.41, 5.74) is 3.38. The molecule has 2 aromatic carbocycles.